The van der Waals surface area contributed by atoms with Crippen LogP contribution >= 0.6 is 11.8 Å². The smallest absolute Gasteiger partial charge is 0.384 e. The minimum atomic E-state index is -4.34. The molecule has 0 spiro atoms. The summed E-state index contributed by atoms with van der Waals surface area (Å²) < 4.78 is 48.9. The van der Waals surface area contributed by atoms with E-state index in [9.17, 15) is 17.6 Å². The molecule has 9 heterocycles. The first-order valence-electron chi connectivity index (χ1n) is 31.2. The zero-order valence-electron chi connectivity index (χ0n) is 58.6. The van der Waals surface area contributed by atoms with Gasteiger partial charge in [-0.05, 0) is 172 Å². The van der Waals surface area contributed by atoms with Crippen LogP contribution < -0.4 is 17.2 Å². The van der Waals surface area contributed by atoms with Crippen molar-refractivity contribution in [1.82, 2.24) is 59.8 Å². The van der Waals surface area contributed by atoms with Crippen molar-refractivity contribution in [3.8, 4) is 6.07 Å². The summed E-state index contributed by atoms with van der Waals surface area (Å²) in [4.78, 5) is 47.0. The fourth-order valence-electron chi connectivity index (χ4n) is 7.10. The molecule has 0 aromatic carbocycles. The lowest BCUT2D eigenvalue weighted by molar-refractivity contribution is -0.141. The first kappa shape index (κ1) is 83.1. The lowest BCUT2D eigenvalue weighted by Gasteiger charge is -2.09. The van der Waals surface area contributed by atoms with Crippen LogP contribution in [0.4, 0.5) is 35.0 Å². The van der Waals surface area contributed by atoms with Gasteiger partial charge in [0.05, 0.1) is 23.8 Å². The van der Waals surface area contributed by atoms with E-state index in [0.717, 1.165) is 39.4 Å². The molecule has 0 atom stereocenters. The van der Waals surface area contributed by atoms with Gasteiger partial charge in [-0.15, -0.1) is 0 Å². The van der Waals surface area contributed by atoms with Gasteiger partial charge >= 0.3 is 6.18 Å². The topological polar surface area (TPSA) is 257 Å². The van der Waals surface area contributed by atoms with Crippen molar-refractivity contribution < 1.29 is 17.6 Å². The first-order valence-corrected chi connectivity index (χ1v) is 32.5. The largest absolute Gasteiger partial charge is 0.433 e. The van der Waals surface area contributed by atoms with E-state index in [0.29, 0.717) is 76.1 Å². The Morgan fingerprint density at radius 3 is 1.20 bits per heavy atom. The maximum atomic E-state index is 12.4. The second-order valence-electron chi connectivity index (χ2n) is 24.1. The highest BCUT2D eigenvalue weighted by molar-refractivity contribution is 7.98. The van der Waals surface area contributed by atoms with Crippen LogP contribution in [0.5, 0.6) is 0 Å². The van der Waals surface area contributed by atoms with Crippen molar-refractivity contribution in [3.63, 3.8) is 0 Å². The molecule has 0 radical (unpaired) electrons. The van der Waals surface area contributed by atoms with Gasteiger partial charge in [0.25, 0.3) is 0 Å². The Kier molecular flexibility index (Phi) is 39.4. The molecule has 21 heteroatoms. The predicted molar refractivity (Wildman–Crippen MR) is 378 cm³/mol. The average molecular weight is 1310 g/mol. The number of anilines is 3. The minimum Gasteiger partial charge on any atom is -0.384 e. The monoisotopic (exact) mass is 1310 g/mol. The molecule has 9 aromatic heterocycles. The Hall–Kier alpha value is -8.90. The molecule has 0 aliphatic heterocycles. The lowest BCUT2D eigenvalue weighted by Crippen LogP contribution is -2.08. The normalized spacial score (nSPS) is 10.5. The Morgan fingerprint density at radius 1 is 0.383 bits per heavy atom. The van der Waals surface area contributed by atoms with E-state index >= 15 is 0 Å². The minimum absolute atomic E-state index is 0.0871. The number of aromatic nitrogens is 12. The number of hydrogen-bond acceptors (Lipinski definition) is 17. The van der Waals surface area contributed by atoms with Crippen LogP contribution in [0, 0.1) is 24.2 Å². The van der Waals surface area contributed by atoms with E-state index in [1.165, 1.54) is 40.7 Å². The van der Waals surface area contributed by atoms with Gasteiger partial charge in [0.1, 0.15) is 34.9 Å². The summed E-state index contributed by atoms with van der Waals surface area (Å²) in [5.74, 6) is 5.30. The summed E-state index contributed by atoms with van der Waals surface area (Å²) in [6.07, 6.45) is 19.7. The number of nitriles is 1. The number of halogens is 4. The number of thioether (sulfide) groups is 1. The van der Waals surface area contributed by atoms with Crippen molar-refractivity contribution in [2.24, 2.45) is 0 Å². The van der Waals surface area contributed by atoms with E-state index in [-0.39, 0.29) is 5.92 Å². The Labute approximate surface area is 561 Å². The molecule has 0 bridgehead atoms. The molecular formula is C73H100F4N16S. The Balaban J connectivity index is 0.000000530. The molecule has 0 amide bonds. The fraction of sp³-hybridized carbons (Fsp3) is 0.411. The third-order valence-corrected chi connectivity index (χ3v) is 13.8. The van der Waals surface area contributed by atoms with Crippen LogP contribution in [0.3, 0.4) is 0 Å². The summed E-state index contributed by atoms with van der Waals surface area (Å²) in [7, 11) is 0. The maximum absolute atomic E-state index is 12.4. The Bertz CT molecular complexity index is 3340. The highest BCUT2D eigenvalue weighted by Crippen LogP contribution is 2.29. The zero-order valence-corrected chi connectivity index (χ0v) is 59.4. The fourth-order valence-corrected chi connectivity index (χ4v) is 7.42. The van der Waals surface area contributed by atoms with Crippen LogP contribution in [0.2, 0.25) is 0 Å². The van der Waals surface area contributed by atoms with Crippen molar-refractivity contribution in [3.05, 3.63) is 227 Å². The molecule has 9 rings (SSSR count). The molecule has 0 saturated heterocycles. The van der Waals surface area contributed by atoms with Crippen LogP contribution in [-0.2, 0) is 6.18 Å². The average Bonchev–Trinajstić information content (AvgIpc) is 0.942. The van der Waals surface area contributed by atoms with Crippen molar-refractivity contribution in [2.75, 3.05) is 23.5 Å². The number of hydrogen-bond donors (Lipinski definition) is 3. The summed E-state index contributed by atoms with van der Waals surface area (Å²) >= 11 is 1.57. The molecule has 0 aliphatic rings. The molecule has 9 aromatic rings. The van der Waals surface area contributed by atoms with E-state index in [1.54, 1.807) is 61.2 Å². The number of nitrogen functional groups attached to an aromatic ring is 3. The third-order valence-electron chi connectivity index (χ3n) is 13.2. The Morgan fingerprint density at radius 2 is 0.830 bits per heavy atom. The standard InChI is InChI=1S/C9H10F3N.C9H10N2.C9H13N.C8H10FN.C8H12N2S.2C8H12N2.C7H11N3.C7H10N2/c1-6(2)7-3-4-13-8(5-7)9(10,11)12;1-7(2)8-3-4-11-9(5-8)6-10;1-7(2)9-4-5-10-8(3)6-9;1-6(2)7-3-4-10-8(9)5-7;1-6(2)7-4-9-8(11-3)10-5-7;1-6(2)7-3-4-10-8(9)5-7;1-6(2)7-3-4-8(9)10-5-7;1-5(2)6-3-10-7(8)4-9-6;1-6(2)7-5-8-3-4-9-7/h3-6H,1-2H3;3-5,7H,1-2H3;4-7H,1-3H3;3-6H,1-2H3;4-6H,1-3H3;2*3-6H,1-2H3,(H2,9,10);3-5H,1-2H3,(H2,8,10);3-6H,1-2H3. The molecule has 0 fully saturated rings. The number of nitrogens with two attached hydrogens (primary N) is 3. The van der Waals surface area contributed by atoms with Crippen molar-refractivity contribution in [1.29, 1.82) is 5.26 Å². The third kappa shape index (κ3) is 35.8. The van der Waals surface area contributed by atoms with Crippen molar-refractivity contribution >= 4 is 29.2 Å². The molecule has 0 saturated carbocycles. The van der Waals surface area contributed by atoms with Gasteiger partial charge < -0.3 is 17.2 Å². The van der Waals surface area contributed by atoms with Crippen LogP contribution in [0.25, 0.3) is 0 Å². The number of rotatable bonds is 10. The highest BCUT2D eigenvalue weighted by Gasteiger charge is 2.32. The SMILES string of the molecule is CC(C)c1ccc(N)nc1.CC(C)c1ccnc(C#N)c1.CC(C)c1ccnc(C(F)(F)F)c1.CC(C)c1ccnc(F)c1.CC(C)c1ccnc(N)c1.CC(C)c1cnc(N)cn1.CC(C)c1cnccn1.CSc1ncc(C(C)C)cn1.Cc1cc(C(C)C)ccn1. The van der Waals surface area contributed by atoms with E-state index < -0.39 is 17.8 Å². The summed E-state index contributed by atoms with van der Waals surface area (Å²) in [6, 6.07) is 23.7. The number of alkyl halides is 3. The molecule has 16 nitrogen and oxygen atoms in total. The lowest BCUT2D eigenvalue weighted by atomic mass is 10.0. The van der Waals surface area contributed by atoms with Gasteiger partial charge in [0, 0.05) is 73.9 Å². The molecule has 0 aliphatic carbocycles. The zero-order chi connectivity index (χ0) is 71.1. The van der Waals surface area contributed by atoms with Gasteiger partial charge in [-0.3, -0.25) is 24.9 Å². The van der Waals surface area contributed by atoms with Gasteiger partial charge in [0.2, 0.25) is 5.95 Å². The summed E-state index contributed by atoms with van der Waals surface area (Å²) in [5.41, 5.74) is 26.9. The van der Waals surface area contributed by atoms with Gasteiger partial charge in [-0.1, -0.05) is 142 Å². The van der Waals surface area contributed by atoms with E-state index in [1.807, 2.05) is 114 Å². The molecule has 94 heavy (non-hydrogen) atoms. The van der Waals surface area contributed by atoms with Crippen LogP contribution in [0.1, 0.15) is 245 Å². The first-order chi connectivity index (χ1) is 44.2. The quantitative estimate of drug-likeness (QED) is 0.0498. The summed E-state index contributed by atoms with van der Waals surface area (Å²) in [5, 5.41) is 9.37. The number of nitrogens with zero attached hydrogens (tertiary/aromatic N) is 13. The summed E-state index contributed by atoms with van der Waals surface area (Å²) in [6.45, 7) is 39.5. The van der Waals surface area contributed by atoms with E-state index in [4.69, 9.17) is 22.5 Å². The van der Waals surface area contributed by atoms with E-state index in [2.05, 4.69) is 169 Å². The number of pyridine rings is 6. The maximum Gasteiger partial charge on any atom is 0.433 e. The second-order valence-corrected chi connectivity index (χ2v) is 24.9. The number of aryl methyl sites for hydroxylation is 1. The highest BCUT2D eigenvalue weighted by atomic mass is 32.2. The van der Waals surface area contributed by atoms with Gasteiger partial charge in [-0.25, -0.2) is 34.9 Å². The molecule has 506 valence electrons. The second kappa shape index (κ2) is 44.6. The van der Waals surface area contributed by atoms with Crippen LogP contribution in [-0.4, -0.2) is 66.1 Å². The molecule has 6 N–H and O–H groups in total. The van der Waals surface area contributed by atoms with Crippen LogP contribution in [0.15, 0.2) is 159 Å². The van der Waals surface area contributed by atoms with Gasteiger partial charge in [-0.2, -0.15) is 22.8 Å². The van der Waals surface area contributed by atoms with Gasteiger partial charge in [0.15, 0.2) is 5.16 Å². The molecular weight excluding hydrogens is 1210 g/mol. The molecule has 0 unspecified atom stereocenters. The predicted octanol–water partition coefficient (Wildman–Crippen LogP) is 18.8. The van der Waals surface area contributed by atoms with Crippen molar-refractivity contribution in [2.45, 2.75) is 196 Å².